The highest BCUT2D eigenvalue weighted by Crippen LogP contribution is 2.10. The number of ketones is 1. The predicted octanol–water partition coefficient (Wildman–Crippen LogP) is 2.90. The van der Waals surface area contributed by atoms with Crippen molar-refractivity contribution in [2.45, 2.75) is 12.8 Å². The van der Waals surface area contributed by atoms with Gasteiger partial charge in [0.15, 0.2) is 5.78 Å². The van der Waals surface area contributed by atoms with Gasteiger partial charge < -0.3 is 4.74 Å². The Morgan fingerprint density at radius 2 is 2.29 bits per heavy atom. The van der Waals surface area contributed by atoms with Gasteiger partial charge in [-0.1, -0.05) is 12.1 Å². The van der Waals surface area contributed by atoms with Crippen LogP contribution in [0.5, 0.6) is 0 Å². The lowest BCUT2D eigenvalue weighted by molar-refractivity contribution is 0.0963. The average Bonchev–Trinajstić information content (AvgIpc) is 2.18. The molecule has 76 valence electrons. The van der Waals surface area contributed by atoms with E-state index in [2.05, 4.69) is 22.6 Å². The van der Waals surface area contributed by atoms with Crippen molar-refractivity contribution in [3.8, 4) is 0 Å². The van der Waals surface area contributed by atoms with Crippen LogP contribution in [0, 0.1) is 3.57 Å². The number of methoxy groups -OCH3 is 1. The molecular weight excluding hydrogens is 291 g/mol. The molecular formula is C11H13IO2. The van der Waals surface area contributed by atoms with Crippen LogP contribution in [0.1, 0.15) is 23.2 Å². The van der Waals surface area contributed by atoms with E-state index in [1.165, 1.54) is 0 Å². The van der Waals surface area contributed by atoms with Gasteiger partial charge in [0.05, 0.1) is 0 Å². The molecule has 0 amide bonds. The second-order valence-corrected chi connectivity index (χ2v) is 4.28. The highest BCUT2D eigenvalue weighted by Gasteiger charge is 2.04. The number of hydrogen-bond acceptors (Lipinski definition) is 2. The standard InChI is InChI=1S/C11H13IO2/c1-14-7-3-6-11(13)9-4-2-5-10(12)8-9/h2,4-5,8H,3,6-7H2,1H3. The second kappa shape index (κ2) is 6.14. The smallest absolute Gasteiger partial charge is 0.162 e. The van der Waals surface area contributed by atoms with Crippen LogP contribution in [-0.2, 0) is 4.74 Å². The molecule has 0 aliphatic carbocycles. The quantitative estimate of drug-likeness (QED) is 0.475. The zero-order valence-corrected chi connectivity index (χ0v) is 10.3. The van der Waals surface area contributed by atoms with Gasteiger partial charge in [0.2, 0.25) is 0 Å². The molecule has 1 aromatic rings. The lowest BCUT2D eigenvalue weighted by Gasteiger charge is -2.01. The summed E-state index contributed by atoms with van der Waals surface area (Å²) in [7, 11) is 1.65. The Kier molecular flexibility index (Phi) is 5.11. The first-order valence-electron chi connectivity index (χ1n) is 4.51. The zero-order chi connectivity index (χ0) is 10.4. The number of ether oxygens (including phenoxy) is 1. The van der Waals surface area contributed by atoms with E-state index in [1.807, 2.05) is 24.3 Å². The Labute approximate surface area is 97.8 Å². The van der Waals surface area contributed by atoms with Gasteiger partial charge in [-0.3, -0.25) is 4.79 Å². The normalized spacial score (nSPS) is 10.1. The summed E-state index contributed by atoms with van der Waals surface area (Å²) in [6.45, 7) is 0.648. The van der Waals surface area contributed by atoms with Crippen LogP contribution in [0.25, 0.3) is 0 Å². The molecule has 0 radical (unpaired) electrons. The van der Waals surface area contributed by atoms with E-state index in [4.69, 9.17) is 4.74 Å². The summed E-state index contributed by atoms with van der Waals surface area (Å²) in [4.78, 5) is 11.6. The number of benzene rings is 1. The van der Waals surface area contributed by atoms with Gasteiger partial charge in [-0.25, -0.2) is 0 Å². The zero-order valence-electron chi connectivity index (χ0n) is 8.13. The molecule has 0 spiro atoms. The summed E-state index contributed by atoms with van der Waals surface area (Å²) in [5.74, 6) is 0.195. The van der Waals surface area contributed by atoms with Gasteiger partial charge in [0.1, 0.15) is 0 Å². The molecule has 0 unspecified atom stereocenters. The molecule has 0 bridgehead atoms. The third kappa shape index (κ3) is 3.75. The van der Waals surface area contributed by atoms with Gasteiger partial charge in [0, 0.05) is 29.3 Å². The first-order chi connectivity index (χ1) is 6.74. The predicted molar refractivity (Wildman–Crippen MR) is 64.6 cm³/mol. The van der Waals surface area contributed by atoms with Crippen LogP contribution in [0.4, 0.5) is 0 Å². The minimum atomic E-state index is 0.195. The summed E-state index contributed by atoms with van der Waals surface area (Å²) < 4.78 is 6.00. The average molecular weight is 304 g/mol. The molecule has 1 rings (SSSR count). The summed E-state index contributed by atoms with van der Waals surface area (Å²) in [5, 5.41) is 0. The molecule has 14 heavy (non-hydrogen) atoms. The van der Waals surface area contributed by atoms with E-state index in [9.17, 15) is 4.79 Å². The third-order valence-electron chi connectivity index (χ3n) is 1.90. The summed E-state index contributed by atoms with van der Waals surface area (Å²) >= 11 is 2.21. The van der Waals surface area contributed by atoms with Crippen molar-refractivity contribution in [1.82, 2.24) is 0 Å². The number of halogens is 1. The van der Waals surface area contributed by atoms with E-state index in [0.717, 1.165) is 15.6 Å². The largest absolute Gasteiger partial charge is 0.385 e. The summed E-state index contributed by atoms with van der Waals surface area (Å²) in [5.41, 5.74) is 0.799. The topological polar surface area (TPSA) is 26.3 Å². The molecule has 0 aliphatic heterocycles. The molecule has 0 saturated heterocycles. The lowest BCUT2D eigenvalue weighted by Crippen LogP contribution is -2.01. The Morgan fingerprint density at radius 3 is 2.93 bits per heavy atom. The SMILES string of the molecule is COCCCC(=O)c1cccc(I)c1. The van der Waals surface area contributed by atoms with Gasteiger partial charge in [0.25, 0.3) is 0 Å². The molecule has 0 aromatic heterocycles. The third-order valence-corrected chi connectivity index (χ3v) is 2.57. The molecule has 0 saturated carbocycles. The summed E-state index contributed by atoms with van der Waals surface area (Å²) in [6, 6.07) is 7.66. The Morgan fingerprint density at radius 1 is 1.50 bits per heavy atom. The highest BCUT2D eigenvalue weighted by atomic mass is 127. The number of carbonyl (C=O) groups is 1. The minimum Gasteiger partial charge on any atom is -0.385 e. The van der Waals surface area contributed by atoms with Gasteiger partial charge >= 0.3 is 0 Å². The van der Waals surface area contributed by atoms with Gasteiger partial charge in [-0.05, 0) is 41.1 Å². The van der Waals surface area contributed by atoms with Crippen molar-refractivity contribution in [2.24, 2.45) is 0 Å². The van der Waals surface area contributed by atoms with Crippen molar-refractivity contribution in [1.29, 1.82) is 0 Å². The van der Waals surface area contributed by atoms with Crippen LogP contribution < -0.4 is 0 Å². The molecule has 1 aromatic carbocycles. The molecule has 3 heteroatoms. The Balaban J connectivity index is 2.52. The van der Waals surface area contributed by atoms with E-state index in [1.54, 1.807) is 7.11 Å². The Bertz CT molecular complexity index is 310. The van der Waals surface area contributed by atoms with E-state index < -0.39 is 0 Å². The second-order valence-electron chi connectivity index (χ2n) is 3.03. The van der Waals surface area contributed by atoms with Crippen LogP contribution in [0.2, 0.25) is 0 Å². The van der Waals surface area contributed by atoms with E-state index >= 15 is 0 Å². The summed E-state index contributed by atoms with van der Waals surface area (Å²) in [6.07, 6.45) is 1.36. The highest BCUT2D eigenvalue weighted by molar-refractivity contribution is 14.1. The van der Waals surface area contributed by atoms with Crippen molar-refractivity contribution < 1.29 is 9.53 Å². The van der Waals surface area contributed by atoms with Gasteiger partial charge in [-0.2, -0.15) is 0 Å². The maximum Gasteiger partial charge on any atom is 0.162 e. The van der Waals surface area contributed by atoms with Crippen molar-refractivity contribution >= 4 is 28.4 Å². The minimum absolute atomic E-state index is 0.195. The van der Waals surface area contributed by atoms with Crippen LogP contribution >= 0.6 is 22.6 Å². The Hall–Kier alpha value is -0.420. The van der Waals surface area contributed by atoms with E-state index in [-0.39, 0.29) is 5.78 Å². The number of hydrogen-bond donors (Lipinski definition) is 0. The fraction of sp³-hybridized carbons (Fsp3) is 0.364. The number of rotatable bonds is 5. The first-order valence-corrected chi connectivity index (χ1v) is 5.59. The molecule has 0 aliphatic rings. The van der Waals surface area contributed by atoms with Crippen LogP contribution in [0.15, 0.2) is 24.3 Å². The maximum absolute atomic E-state index is 11.6. The molecule has 0 atom stereocenters. The molecule has 0 fully saturated rings. The van der Waals surface area contributed by atoms with Gasteiger partial charge in [-0.15, -0.1) is 0 Å². The van der Waals surface area contributed by atoms with Crippen molar-refractivity contribution in [2.75, 3.05) is 13.7 Å². The first kappa shape index (κ1) is 11.7. The maximum atomic E-state index is 11.6. The number of Topliss-reactive ketones (excluding diaryl/α,β-unsaturated/α-hetero) is 1. The van der Waals surface area contributed by atoms with Crippen LogP contribution in [-0.4, -0.2) is 19.5 Å². The van der Waals surface area contributed by atoms with Crippen molar-refractivity contribution in [3.05, 3.63) is 33.4 Å². The fourth-order valence-corrected chi connectivity index (χ4v) is 1.73. The molecule has 0 N–H and O–H groups in total. The van der Waals surface area contributed by atoms with Crippen LogP contribution in [0.3, 0.4) is 0 Å². The fourth-order valence-electron chi connectivity index (χ4n) is 1.18. The monoisotopic (exact) mass is 304 g/mol. The lowest BCUT2D eigenvalue weighted by atomic mass is 10.1. The van der Waals surface area contributed by atoms with E-state index in [0.29, 0.717) is 13.0 Å². The molecule has 2 nitrogen and oxygen atoms in total. The molecule has 0 heterocycles. The van der Waals surface area contributed by atoms with Crippen molar-refractivity contribution in [3.63, 3.8) is 0 Å². The number of carbonyl (C=O) groups excluding carboxylic acids is 1.